The van der Waals surface area contributed by atoms with E-state index >= 15 is 0 Å². The molecule has 0 radical (unpaired) electrons. The lowest BCUT2D eigenvalue weighted by Gasteiger charge is -2.15. The Morgan fingerprint density at radius 2 is 1.62 bits per heavy atom. The van der Waals surface area contributed by atoms with Crippen LogP contribution in [0.15, 0.2) is 78.9 Å². The molecule has 0 saturated carbocycles. The van der Waals surface area contributed by atoms with Crippen molar-refractivity contribution in [2.45, 2.75) is 26.1 Å². The molecule has 136 valence electrons. The highest BCUT2D eigenvalue weighted by Crippen LogP contribution is 2.17. The van der Waals surface area contributed by atoms with E-state index in [9.17, 15) is 4.39 Å². The summed E-state index contributed by atoms with van der Waals surface area (Å²) in [6, 6.07) is 25.1. The maximum atomic E-state index is 12.9. The highest BCUT2D eigenvalue weighted by molar-refractivity contribution is 5.85. The predicted molar refractivity (Wildman–Crippen MR) is 106 cm³/mol. The Labute approximate surface area is 160 Å². The monoisotopic (exact) mass is 371 g/mol. The summed E-state index contributed by atoms with van der Waals surface area (Å²) in [4.78, 5) is 0. The largest absolute Gasteiger partial charge is 0.489 e. The van der Waals surface area contributed by atoms with Crippen molar-refractivity contribution < 1.29 is 9.13 Å². The van der Waals surface area contributed by atoms with Gasteiger partial charge in [0.25, 0.3) is 0 Å². The van der Waals surface area contributed by atoms with Gasteiger partial charge in [-0.15, -0.1) is 12.4 Å². The highest BCUT2D eigenvalue weighted by atomic mass is 35.5. The van der Waals surface area contributed by atoms with Crippen molar-refractivity contribution in [3.63, 3.8) is 0 Å². The molecule has 3 aromatic rings. The van der Waals surface area contributed by atoms with Crippen LogP contribution in [-0.4, -0.2) is 0 Å². The molecule has 0 aliphatic heterocycles. The van der Waals surface area contributed by atoms with Crippen molar-refractivity contribution in [3.05, 3.63) is 101 Å². The Morgan fingerprint density at radius 3 is 2.35 bits per heavy atom. The third-order valence-electron chi connectivity index (χ3n) is 4.13. The van der Waals surface area contributed by atoms with E-state index in [2.05, 4.69) is 42.6 Å². The fourth-order valence-corrected chi connectivity index (χ4v) is 2.62. The molecule has 0 amide bonds. The van der Waals surface area contributed by atoms with Crippen LogP contribution in [0.1, 0.15) is 29.7 Å². The molecule has 2 nitrogen and oxygen atoms in total. The maximum absolute atomic E-state index is 12.9. The molecule has 3 rings (SSSR count). The van der Waals surface area contributed by atoms with Gasteiger partial charge in [-0.05, 0) is 47.9 Å². The van der Waals surface area contributed by atoms with E-state index in [4.69, 9.17) is 4.74 Å². The molecule has 0 aliphatic rings. The fraction of sp³-hybridized carbons (Fsp3) is 0.182. The Kier molecular flexibility index (Phi) is 7.64. The van der Waals surface area contributed by atoms with Crippen LogP contribution in [0.5, 0.6) is 5.75 Å². The molecule has 0 saturated heterocycles. The van der Waals surface area contributed by atoms with Crippen molar-refractivity contribution in [3.8, 4) is 5.75 Å². The van der Waals surface area contributed by atoms with Gasteiger partial charge in [-0.1, -0.05) is 54.6 Å². The van der Waals surface area contributed by atoms with Crippen molar-refractivity contribution >= 4 is 12.4 Å². The highest BCUT2D eigenvalue weighted by Gasteiger charge is 2.05. The number of ether oxygens (including phenoxy) is 1. The van der Waals surface area contributed by atoms with Gasteiger partial charge in [-0.25, -0.2) is 4.39 Å². The molecule has 0 spiro atoms. The Hall–Kier alpha value is -2.36. The molecule has 0 aromatic heterocycles. The number of nitrogens with one attached hydrogen (secondary N) is 1. The van der Waals surface area contributed by atoms with Crippen LogP contribution in [0.2, 0.25) is 0 Å². The van der Waals surface area contributed by atoms with E-state index in [1.54, 1.807) is 12.1 Å². The lowest BCUT2D eigenvalue weighted by Crippen LogP contribution is -2.17. The van der Waals surface area contributed by atoms with E-state index in [0.29, 0.717) is 6.61 Å². The smallest absolute Gasteiger partial charge is 0.123 e. The third-order valence-corrected chi connectivity index (χ3v) is 4.13. The first-order valence-electron chi connectivity index (χ1n) is 8.45. The summed E-state index contributed by atoms with van der Waals surface area (Å²) in [5, 5.41) is 3.53. The van der Waals surface area contributed by atoms with Crippen LogP contribution in [0.3, 0.4) is 0 Å². The molecule has 1 unspecified atom stereocenters. The van der Waals surface area contributed by atoms with Crippen molar-refractivity contribution in [1.82, 2.24) is 5.32 Å². The second kappa shape index (κ2) is 9.95. The van der Waals surface area contributed by atoms with Gasteiger partial charge in [0.1, 0.15) is 18.2 Å². The molecule has 0 heterocycles. The van der Waals surface area contributed by atoms with Gasteiger partial charge in [-0.3, -0.25) is 0 Å². The Bertz CT molecular complexity index is 793. The molecule has 3 aromatic carbocycles. The summed E-state index contributed by atoms with van der Waals surface area (Å²) in [7, 11) is 0. The molecular weight excluding hydrogens is 349 g/mol. The number of hydrogen-bond donors (Lipinski definition) is 1. The fourth-order valence-electron chi connectivity index (χ4n) is 2.62. The number of rotatable bonds is 7. The van der Waals surface area contributed by atoms with E-state index in [-0.39, 0.29) is 24.3 Å². The average Bonchev–Trinajstić information content (AvgIpc) is 2.67. The van der Waals surface area contributed by atoms with Crippen molar-refractivity contribution in [2.24, 2.45) is 0 Å². The lowest BCUT2D eigenvalue weighted by atomic mass is 10.1. The SMILES string of the molecule is CC(NCc1cccc(OCc2ccc(F)cc2)c1)c1ccccc1.Cl. The normalized spacial score (nSPS) is 11.5. The summed E-state index contributed by atoms with van der Waals surface area (Å²) in [6.45, 7) is 3.35. The van der Waals surface area contributed by atoms with Crippen molar-refractivity contribution in [2.75, 3.05) is 0 Å². The standard InChI is InChI=1S/C22H22FNO.ClH/c1-17(20-7-3-2-4-8-20)24-15-19-6-5-9-22(14-19)25-16-18-10-12-21(23)13-11-18;/h2-14,17,24H,15-16H2,1H3;1H. The molecule has 1 atom stereocenters. The molecule has 0 fully saturated rings. The van der Waals surface area contributed by atoms with Gasteiger partial charge in [0.15, 0.2) is 0 Å². The van der Waals surface area contributed by atoms with Crippen LogP contribution in [0.4, 0.5) is 4.39 Å². The van der Waals surface area contributed by atoms with E-state index < -0.39 is 0 Å². The first-order chi connectivity index (χ1) is 12.2. The van der Waals surface area contributed by atoms with Crippen LogP contribution >= 0.6 is 12.4 Å². The van der Waals surface area contributed by atoms with E-state index in [1.165, 1.54) is 23.3 Å². The van der Waals surface area contributed by atoms with E-state index in [1.807, 2.05) is 24.3 Å². The predicted octanol–water partition coefficient (Wildman–Crippen LogP) is 5.68. The zero-order chi connectivity index (χ0) is 17.5. The quantitative estimate of drug-likeness (QED) is 0.577. The van der Waals surface area contributed by atoms with Crippen molar-refractivity contribution in [1.29, 1.82) is 0 Å². The van der Waals surface area contributed by atoms with Gasteiger partial charge < -0.3 is 10.1 Å². The van der Waals surface area contributed by atoms with Gasteiger partial charge >= 0.3 is 0 Å². The van der Waals surface area contributed by atoms with Crippen LogP contribution in [0.25, 0.3) is 0 Å². The zero-order valence-corrected chi connectivity index (χ0v) is 15.5. The molecular formula is C22H23ClFNO. The minimum Gasteiger partial charge on any atom is -0.489 e. The number of halogens is 2. The Balaban J connectivity index is 0.00000243. The first-order valence-corrected chi connectivity index (χ1v) is 8.45. The third kappa shape index (κ3) is 5.87. The van der Waals surface area contributed by atoms with Gasteiger partial charge in [-0.2, -0.15) is 0 Å². The van der Waals surface area contributed by atoms with E-state index in [0.717, 1.165) is 17.9 Å². The van der Waals surface area contributed by atoms with Crippen LogP contribution in [-0.2, 0) is 13.2 Å². The first kappa shape index (κ1) is 20.0. The summed E-state index contributed by atoms with van der Waals surface area (Å²) in [5.74, 6) is 0.584. The Morgan fingerprint density at radius 1 is 0.885 bits per heavy atom. The van der Waals surface area contributed by atoms with Crippen LogP contribution in [0, 0.1) is 5.82 Å². The molecule has 26 heavy (non-hydrogen) atoms. The summed E-state index contributed by atoms with van der Waals surface area (Å²) in [6.07, 6.45) is 0. The van der Waals surface area contributed by atoms with Gasteiger partial charge in [0, 0.05) is 12.6 Å². The van der Waals surface area contributed by atoms with Gasteiger partial charge in [0.2, 0.25) is 0 Å². The minimum absolute atomic E-state index is 0. The molecule has 4 heteroatoms. The molecule has 0 aliphatic carbocycles. The summed E-state index contributed by atoms with van der Waals surface area (Å²) >= 11 is 0. The molecule has 0 bridgehead atoms. The second-order valence-electron chi connectivity index (χ2n) is 6.08. The van der Waals surface area contributed by atoms with Gasteiger partial charge in [0.05, 0.1) is 0 Å². The topological polar surface area (TPSA) is 21.3 Å². The maximum Gasteiger partial charge on any atom is 0.123 e. The summed E-state index contributed by atoms with van der Waals surface area (Å²) < 4.78 is 18.7. The minimum atomic E-state index is -0.232. The lowest BCUT2D eigenvalue weighted by molar-refractivity contribution is 0.305. The summed E-state index contributed by atoms with van der Waals surface area (Å²) in [5.41, 5.74) is 3.38. The number of hydrogen-bond acceptors (Lipinski definition) is 2. The van der Waals surface area contributed by atoms with Crippen LogP contribution < -0.4 is 10.1 Å². The second-order valence-corrected chi connectivity index (χ2v) is 6.08. The molecule has 1 N–H and O–H groups in total. The average molecular weight is 372 g/mol. The zero-order valence-electron chi connectivity index (χ0n) is 14.7. The number of benzene rings is 3.